The molecule has 1 aliphatic rings. The maximum absolute atomic E-state index is 11.7. The van der Waals surface area contributed by atoms with Gasteiger partial charge in [-0.3, -0.25) is 14.9 Å². The Balaban J connectivity index is 2.08. The molecule has 0 aromatic heterocycles. The molecule has 9 heteroatoms. The summed E-state index contributed by atoms with van der Waals surface area (Å²) in [6.45, 7) is 0.505. The van der Waals surface area contributed by atoms with E-state index < -0.39 is 31.1 Å². The lowest BCUT2D eigenvalue weighted by Crippen LogP contribution is -2.42. The minimum atomic E-state index is -1.20. The van der Waals surface area contributed by atoms with Crippen LogP contribution in [0, 0.1) is 0 Å². The molecule has 0 radical (unpaired) electrons. The van der Waals surface area contributed by atoms with Gasteiger partial charge in [0.05, 0.1) is 0 Å². The molecule has 0 bridgehead atoms. The minimum Gasteiger partial charge on any atom is -0.480 e. The number of likely N-dealkylation sites (tertiary alicyclic amines) is 1. The summed E-state index contributed by atoms with van der Waals surface area (Å²) in [7, 11) is 0. The van der Waals surface area contributed by atoms with Gasteiger partial charge in [0.1, 0.15) is 13.2 Å². The Morgan fingerprint density at radius 3 is 2.38 bits per heavy atom. The number of carbonyl (C=O) groups excluding carboxylic acids is 3. The van der Waals surface area contributed by atoms with E-state index >= 15 is 0 Å². The van der Waals surface area contributed by atoms with Gasteiger partial charge < -0.3 is 20.1 Å². The lowest BCUT2D eigenvalue weighted by molar-refractivity contribution is -0.143. The summed E-state index contributed by atoms with van der Waals surface area (Å²) in [6, 6.07) is -0.742. The number of amides is 4. The van der Waals surface area contributed by atoms with Gasteiger partial charge in [0, 0.05) is 26.1 Å². The van der Waals surface area contributed by atoms with Crippen molar-refractivity contribution in [1.29, 1.82) is 0 Å². The second-order valence-electron chi connectivity index (χ2n) is 4.53. The molecule has 118 valence electrons. The van der Waals surface area contributed by atoms with E-state index in [0.29, 0.717) is 0 Å². The fraction of sp³-hybridized carbons (Fsp3) is 0.667. The van der Waals surface area contributed by atoms with Gasteiger partial charge in [0.15, 0.2) is 0 Å². The predicted molar refractivity (Wildman–Crippen MR) is 70.4 cm³/mol. The predicted octanol–water partition coefficient (Wildman–Crippen LogP) is -1.07. The molecule has 1 aliphatic heterocycles. The largest absolute Gasteiger partial charge is 0.480 e. The first-order valence-electron chi connectivity index (χ1n) is 6.64. The monoisotopic (exact) mass is 301 g/mol. The second kappa shape index (κ2) is 8.90. The number of hydrogen-bond donors (Lipinski definition) is 3. The van der Waals surface area contributed by atoms with Crippen LogP contribution in [0.25, 0.3) is 0 Å². The summed E-state index contributed by atoms with van der Waals surface area (Å²) in [5, 5.41) is 12.6. The molecule has 0 aromatic carbocycles. The van der Waals surface area contributed by atoms with Crippen molar-refractivity contribution < 1.29 is 29.0 Å². The number of hydrogen-bond acceptors (Lipinski definition) is 5. The van der Waals surface area contributed by atoms with Crippen LogP contribution < -0.4 is 10.6 Å². The molecule has 0 aliphatic carbocycles. The molecule has 3 N–H and O–H groups in total. The molecule has 4 amide bonds. The van der Waals surface area contributed by atoms with Crippen molar-refractivity contribution in [3.63, 3.8) is 0 Å². The quantitative estimate of drug-likeness (QED) is 0.549. The van der Waals surface area contributed by atoms with Crippen molar-refractivity contribution in [2.45, 2.75) is 19.3 Å². The fourth-order valence-corrected chi connectivity index (χ4v) is 1.85. The van der Waals surface area contributed by atoms with Crippen molar-refractivity contribution in [3.05, 3.63) is 0 Å². The highest BCUT2D eigenvalue weighted by Gasteiger charge is 2.17. The van der Waals surface area contributed by atoms with Crippen molar-refractivity contribution in [2.75, 3.05) is 32.8 Å². The highest BCUT2D eigenvalue weighted by atomic mass is 16.5. The molecule has 0 unspecified atom stereocenters. The Morgan fingerprint density at radius 2 is 1.76 bits per heavy atom. The van der Waals surface area contributed by atoms with Crippen molar-refractivity contribution in [2.24, 2.45) is 0 Å². The maximum atomic E-state index is 11.7. The molecule has 21 heavy (non-hydrogen) atoms. The summed E-state index contributed by atoms with van der Waals surface area (Å²) >= 11 is 0. The highest BCUT2D eigenvalue weighted by molar-refractivity contribution is 5.95. The average Bonchev–Trinajstić information content (AvgIpc) is 2.91. The zero-order chi connectivity index (χ0) is 15.7. The zero-order valence-corrected chi connectivity index (χ0v) is 11.6. The van der Waals surface area contributed by atoms with Gasteiger partial charge in [-0.05, 0) is 12.8 Å². The van der Waals surface area contributed by atoms with Crippen molar-refractivity contribution in [3.8, 4) is 0 Å². The van der Waals surface area contributed by atoms with Crippen LogP contribution in [0.5, 0.6) is 0 Å². The number of urea groups is 1. The summed E-state index contributed by atoms with van der Waals surface area (Å²) in [5.74, 6) is -1.98. The van der Waals surface area contributed by atoms with Gasteiger partial charge in [-0.15, -0.1) is 0 Å². The Bertz CT molecular complexity index is 406. The first-order valence-corrected chi connectivity index (χ1v) is 6.64. The van der Waals surface area contributed by atoms with Crippen LogP contribution in [-0.2, 0) is 19.1 Å². The molecule has 0 saturated carbocycles. The number of aliphatic carboxylic acids is 1. The molecule has 1 rings (SSSR count). The van der Waals surface area contributed by atoms with Crippen LogP contribution >= 0.6 is 0 Å². The second-order valence-corrected chi connectivity index (χ2v) is 4.53. The summed E-state index contributed by atoms with van der Waals surface area (Å²) < 4.78 is 4.52. The topological polar surface area (TPSA) is 125 Å². The number of carbonyl (C=O) groups is 4. The number of ether oxygens (including phenoxy) is 1. The lowest BCUT2D eigenvalue weighted by atomic mass is 10.3. The Hall–Kier alpha value is -2.16. The van der Waals surface area contributed by atoms with Gasteiger partial charge in [-0.2, -0.15) is 0 Å². The molecule has 0 spiro atoms. The maximum Gasteiger partial charge on any atom is 0.329 e. The van der Waals surface area contributed by atoms with E-state index in [4.69, 9.17) is 5.11 Å². The van der Waals surface area contributed by atoms with Crippen molar-refractivity contribution in [1.82, 2.24) is 15.5 Å². The number of carboxylic acid groups (broad SMARTS) is 1. The Kier molecular flexibility index (Phi) is 7.16. The summed E-state index contributed by atoms with van der Waals surface area (Å²) in [4.78, 5) is 46.0. The molecule has 1 saturated heterocycles. The number of nitrogens with zero attached hydrogens (tertiary/aromatic N) is 1. The SMILES string of the molecule is O=C(O)COCC(=O)NC(=O)NCCC(=O)N1CCCC1. The third kappa shape index (κ3) is 7.25. The number of rotatable bonds is 7. The third-order valence-corrected chi connectivity index (χ3v) is 2.79. The molecular weight excluding hydrogens is 282 g/mol. The number of nitrogens with one attached hydrogen (secondary N) is 2. The third-order valence-electron chi connectivity index (χ3n) is 2.79. The van der Waals surface area contributed by atoms with Gasteiger partial charge in [0.2, 0.25) is 5.91 Å². The number of imide groups is 1. The first-order chi connectivity index (χ1) is 9.99. The standard InChI is InChI=1S/C12H19N3O6/c16-9(7-21-8-11(18)19)14-12(20)13-4-3-10(17)15-5-1-2-6-15/h1-8H2,(H,18,19)(H2,13,14,16,20). The van der Waals surface area contributed by atoms with Gasteiger partial charge in [0.25, 0.3) is 5.91 Å². The first kappa shape index (κ1) is 16.9. The zero-order valence-electron chi connectivity index (χ0n) is 11.6. The smallest absolute Gasteiger partial charge is 0.329 e. The van der Waals surface area contributed by atoms with Crippen LogP contribution in [0.4, 0.5) is 4.79 Å². The summed E-state index contributed by atoms with van der Waals surface area (Å²) in [6.07, 6.45) is 2.19. The molecule has 0 atom stereocenters. The van der Waals surface area contributed by atoms with E-state index in [2.05, 4.69) is 10.1 Å². The molecule has 0 aromatic rings. The summed E-state index contributed by atoms with van der Waals surface area (Å²) in [5.41, 5.74) is 0. The van der Waals surface area contributed by atoms with Crippen LogP contribution in [0.2, 0.25) is 0 Å². The van der Waals surface area contributed by atoms with E-state index in [0.717, 1.165) is 25.9 Å². The molecule has 1 heterocycles. The van der Waals surface area contributed by atoms with Crippen LogP contribution in [0.1, 0.15) is 19.3 Å². The van der Waals surface area contributed by atoms with Crippen molar-refractivity contribution >= 4 is 23.8 Å². The van der Waals surface area contributed by atoms with E-state index in [9.17, 15) is 19.2 Å². The van der Waals surface area contributed by atoms with Gasteiger partial charge in [-0.25, -0.2) is 9.59 Å². The Morgan fingerprint density at radius 1 is 1.10 bits per heavy atom. The number of carboxylic acids is 1. The van der Waals surface area contributed by atoms with Gasteiger partial charge in [-0.1, -0.05) is 0 Å². The van der Waals surface area contributed by atoms with Crippen LogP contribution in [0.3, 0.4) is 0 Å². The molecule has 1 fully saturated rings. The average molecular weight is 301 g/mol. The molecular formula is C12H19N3O6. The van der Waals surface area contributed by atoms with E-state index in [-0.39, 0.29) is 18.9 Å². The highest BCUT2D eigenvalue weighted by Crippen LogP contribution is 2.08. The van der Waals surface area contributed by atoms with E-state index in [1.807, 2.05) is 5.32 Å². The fourth-order valence-electron chi connectivity index (χ4n) is 1.85. The molecule has 9 nitrogen and oxygen atoms in total. The van der Waals surface area contributed by atoms with Crippen LogP contribution in [-0.4, -0.2) is 66.7 Å². The van der Waals surface area contributed by atoms with Gasteiger partial charge >= 0.3 is 12.0 Å². The van der Waals surface area contributed by atoms with E-state index in [1.165, 1.54) is 0 Å². The lowest BCUT2D eigenvalue weighted by Gasteiger charge is -2.15. The van der Waals surface area contributed by atoms with E-state index in [1.54, 1.807) is 4.90 Å². The normalized spacial score (nSPS) is 13.8. The van der Waals surface area contributed by atoms with Crippen LogP contribution in [0.15, 0.2) is 0 Å². The Labute approximate surface area is 121 Å². The minimum absolute atomic E-state index is 0.0241.